The van der Waals surface area contributed by atoms with Crippen molar-refractivity contribution in [1.29, 1.82) is 0 Å². The van der Waals surface area contributed by atoms with Gasteiger partial charge in [0.05, 0.1) is 6.61 Å². The molecule has 0 fully saturated rings. The average Bonchev–Trinajstić information content (AvgIpc) is 2.38. The first-order valence-corrected chi connectivity index (χ1v) is 5.40. The highest BCUT2D eigenvalue weighted by atomic mass is 16.5. The first kappa shape index (κ1) is 10.6. The molecular formula is C13H14N2O. The summed E-state index contributed by atoms with van der Waals surface area (Å²) in [5.74, 6) is 1.59. The second-order valence-electron chi connectivity index (χ2n) is 3.45. The first-order valence-electron chi connectivity index (χ1n) is 5.40. The van der Waals surface area contributed by atoms with E-state index >= 15 is 0 Å². The van der Waals surface area contributed by atoms with Crippen molar-refractivity contribution in [3.63, 3.8) is 0 Å². The molecule has 0 atom stereocenters. The second kappa shape index (κ2) is 5.26. The Morgan fingerprint density at radius 2 is 1.94 bits per heavy atom. The van der Waals surface area contributed by atoms with Crippen LogP contribution in [0.2, 0.25) is 0 Å². The van der Waals surface area contributed by atoms with E-state index in [4.69, 9.17) is 4.74 Å². The molecule has 0 N–H and O–H groups in total. The van der Waals surface area contributed by atoms with Gasteiger partial charge in [-0.2, -0.15) is 0 Å². The fourth-order valence-electron chi connectivity index (χ4n) is 1.39. The maximum absolute atomic E-state index is 5.56. The van der Waals surface area contributed by atoms with Gasteiger partial charge in [0.25, 0.3) is 0 Å². The molecule has 0 spiro atoms. The summed E-state index contributed by atoms with van der Waals surface area (Å²) < 4.78 is 5.56. The van der Waals surface area contributed by atoms with Crippen LogP contribution in [0.15, 0.2) is 42.7 Å². The lowest BCUT2D eigenvalue weighted by molar-refractivity contribution is 0.317. The molecule has 1 aromatic heterocycles. The SMILES string of the molecule is CCCOc1cccc(-c2ncccn2)c1. The third kappa shape index (κ3) is 2.57. The summed E-state index contributed by atoms with van der Waals surface area (Å²) in [7, 11) is 0. The lowest BCUT2D eigenvalue weighted by Crippen LogP contribution is -1.95. The molecule has 16 heavy (non-hydrogen) atoms. The Bertz CT molecular complexity index is 443. The van der Waals surface area contributed by atoms with Gasteiger partial charge in [0.2, 0.25) is 0 Å². The smallest absolute Gasteiger partial charge is 0.159 e. The molecule has 1 aromatic carbocycles. The van der Waals surface area contributed by atoms with E-state index < -0.39 is 0 Å². The van der Waals surface area contributed by atoms with Crippen LogP contribution in [0.5, 0.6) is 5.75 Å². The Morgan fingerprint density at radius 3 is 2.69 bits per heavy atom. The van der Waals surface area contributed by atoms with Crippen LogP contribution in [0.3, 0.4) is 0 Å². The number of aromatic nitrogens is 2. The van der Waals surface area contributed by atoms with Gasteiger partial charge in [0.1, 0.15) is 5.75 Å². The Labute approximate surface area is 95.1 Å². The number of rotatable bonds is 4. The molecule has 0 radical (unpaired) electrons. The van der Waals surface area contributed by atoms with Gasteiger partial charge in [0.15, 0.2) is 5.82 Å². The van der Waals surface area contributed by atoms with Crippen molar-refractivity contribution >= 4 is 0 Å². The van der Waals surface area contributed by atoms with E-state index in [1.165, 1.54) is 0 Å². The van der Waals surface area contributed by atoms with Crippen LogP contribution >= 0.6 is 0 Å². The van der Waals surface area contributed by atoms with Crippen LogP contribution in [0.1, 0.15) is 13.3 Å². The monoisotopic (exact) mass is 214 g/mol. The minimum atomic E-state index is 0.726. The Hall–Kier alpha value is -1.90. The van der Waals surface area contributed by atoms with Crippen molar-refractivity contribution in [3.8, 4) is 17.1 Å². The summed E-state index contributed by atoms with van der Waals surface area (Å²) in [6, 6.07) is 9.65. The highest BCUT2D eigenvalue weighted by Gasteiger charge is 2.01. The van der Waals surface area contributed by atoms with Crippen LogP contribution in [0.4, 0.5) is 0 Å². The zero-order chi connectivity index (χ0) is 11.2. The zero-order valence-electron chi connectivity index (χ0n) is 9.26. The molecule has 3 heteroatoms. The fourth-order valence-corrected chi connectivity index (χ4v) is 1.39. The van der Waals surface area contributed by atoms with E-state index in [9.17, 15) is 0 Å². The van der Waals surface area contributed by atoms with Crippen LogP contribution in [0, 0.1) is 0 Å². The molecule has 0 saturated carbocycles. The average molecular weight is 214 g/mol. The third-order valence-corrected chi connectivity index (χ3v) is 2.13. The number of hydrogen-bond acceptors (Lipinski definition) is 3. The summed E-state index contributed by atoms with van der Waals surface area (Å²) in [4.78, 5) is 8.41. The van der Waals surface area contributed by atoms with Crippen molar-refractivity contribution in [2.45, 2.75) is 13.3 Å². The predicted octanol–water partition coefficient (Wildman–Crippen LogP) is 2.93. The van der Waals surface area contributed by atoms with Gasteiger partial charge >= 0.3 is 0 Å². The summed E-state index contributed by atoms with van der Waals surface area (Å²) in [6.45, 7) is 2.82. The third-order valence-electron chi connectivity index (χ3n) is 2.13. The second-order valence-corrected chi connectivity index (χ2v) is 3.45. The van der Waals surface area contributed by atoms with Crippen molar-refractivity contribution in [1.82, 2.24) is 9.97 Å². The maximum Gasteiger partial charge on any atom is 0.159 e. The van der Waals surface area contributed by atoms with Gasteiger partial charge in [0, 0.05) is 18.0 Å². The van der Waals surface area contributed by atoms with Gasteiger partial charge in [-0.3, -0.25) is 0 Å². The molecule has 1 heterocycles. The summed E-state index contributed by atoms with van der Waals surface area (Å²) in [5.41, 5.74) is 0.981. The molecule has 0 saturated heterocycles. The molecule has 0 unspecified atom stereocenters. The lowest BCUT2D eigenvalue weighted by Gasteiger charge is -2.05. The lowest BCUT2D eigenvalue weighted by atomic mass is 10.2. The van der Waals surface area contributed by atoms with Crippen LogP contribution < -0.4 is 4.74 Å². The molecule has 0 aliphatic carbocycles. The van der Waals surface area contributed by atoms with Gasteiger partial charge in [-0.05, 0) is 24.6 Å². The molecule has 3 nitrogen and oxygen atoms in total. The molecule has 0 aliphatic rings. The van der Waals surface area contributed by atoms with Crippen LogP contribution in [-0.2, 0) is 0 Å². The van der Waals surface area contributed by atoms with Crippen LogP contribution in [0.25, 0.3) is 11.4 Å². The van der Waals surface area contributed by atoms with Gasteiger partial charge < -0.3 is 4.74 Å². The van der Waals surface area contributed by atoms with Crippen molar-refractivity contribution in [2.24, 2.45) is 0 Å². The molecular weight excluding hydrogens is 200 g/mol. The van der Waals surface area contributed by atoms with E-state index in [0.29, 0.717) is 0 Å². The largest absolute Gasteiger partial charge is 0.494 e. The predicted molar refractivity (Wildman–Crippen MR) is 63.3 cm³/mol. The minimum absolute atomic E-state index is 0.726. The summed E-state index contributed by atoms with van der Waals surface area (Å²) >= 11 is 0. The normalized spacial score (nSPS) is 10.1. The molecule has 0 amide bonds. The standard InChI is InChI=1S/C13H14N2O/c1-2-9-16-12-6-3-5-11(10-12)13-14-7-4-8-15-13/h3-8,10H,2,9H2,1H3. The van der Waals surface area contributed by atoms with Crippen molar-refractivity contribution < 1.29 is 4.74 Å². The molecule has 2 rings (SSSR count). The number of ether oxygens (including phenoxy) is 1. The quantitative estimate of drug-likeness (QED) is 0.784. The van der Waals surface area contributed by atoms with Gasteiger partial charge in [-0.25, -0.2) is 9.97 Å². The Kier molecular flexibility index (Phi) is 3.49. The van der Waals surface area contributed by atoms with E-state index in [2.05, 4.69) is 16.9 Å². The van der Waals surface area contributed by atoms with Gasteiger partial charge in [-0.1, -0.05) is 19.1 Å². The maximum atomic E-state index is 5.56. The number of benzene rings is 1. The highest BCUT2D eigenvalue weighted by molar-refractivity contribution is 5.56. The fraction of sp³-hybridized carbons (Fsp3) is 0.231. The molecule has 82 valence electrons. The molecule has 0 aliphatic heterocycles. The van der Waals surface area contributed by atoms with E-state index in [-0.39, 0.29) is 0 Å². The number of nitrogens with zero attached hydrogens (tertiary/aromatic N) is 2. The topological polar surface area (TPSA) is 35.0 Å². The summed E-state index contributed by atoms with van der Waals surface area (Å²) in [5, 5.41) is 0. The Morgan fingerprint density at radius 1 is 1.12 bits per heavy atom. The van der Waals surface area contributed by atoms with E-state index in [1.54, 1.807) is 18.5 Å². The highest BCUT2D eigenvalue weighted by Crippen LogP contribution is 2.20. The number of hydrogen-bond donors (Lipinski definition) is 0. The van der Waals surface area contributed by atoms with E-state index in [0.717, 1.165) is 30.2 Å². The van der Waals surface area contributed by atoms with Crippen molar-refractivity contribution in [2.75, 3.05) is 6.61 Å². The first-order chi connectivity index (χ1) is 7.90. The minimum Gasteiger partial charge on any atom is -0.494 e. The zero-order valence-corrected chi connectivity index (χ0v) is 9.26. The van der Waals surface area contributed by atoms with Crippen LogP contribution in [-0.4, -0.2) is 16.6 Å². The molecule has 0 bridgehead atoms. The summed E-state index contributed by atoms with van der Waals surface area (Å²) in [6.07, 6.45) is 4.48. The van der Waals surface area contributed by atoms with Gasteiger partial charge in [-0.15, -0.1) is 0 Å². The van der Waals surface area contributed by atoms with Crippen molar-refractivity contribution in [3.05, 3.63) is 42.7 Å². The Balaban J connectivity index is 2.22. The molecule has 2 aromatic rings. The van der Waals surface area contributed by atoms with E-state index in [1.807, 2.05) is 24.3 Å².